The van der Waals surface area contributed by atoms with Crippen molar-refractivity contribution in [2.75, 3.05) is 0 Å². The Morgan fingerprint density at radius 2 is 1.37 bits per heavy atom. The van der Waals surface area contributed by atoms with Crippen molar-refractivity contribution in [2.24, 2.45) is 0 Å². The monoisotopic (exact) mass is 819 g/mol. The van der Waals surface area contributed by atoms with Gasteiger partial charge in [-0.25, -0.2) is 4.98 Å². The maximum Gasteiger partial charge on any atom is 2.00 e. The van der Waals surface area contributed by atoms with E-state index in [1.807, 2.05) is 41.3 Å². The molecule has 0 radical (unpaired) electrons. The van der Waals surface area contributed by atoms with Crippen molar-refractivity contribution in [3.05, 3.63) is 156 Å². The van der Waals surface area contributed by atoms with Crippen LogP contribution >= 0.6 is 0 Å². The second-order valence-corrected chi connectivity index (χ2v) is 13.9. The van der Waals surface area contributed by atoms with E-state index >= 15 is 0 Å². The Morgan fingerprint density at radius 1 is 0.633 bits per heavy atom. The molecule has 0 atom stereocenters. The Labute approximate surface area is 301 Å². The van der Waals surface area contributed by atoms with Crippen LogP contribution < -0.4 is 4.74 Å². The molecule has 3 heterocycles. The molecule has 0 saturated carbocycles. The summed E-state index contributed by atoms with van der Waals surface area (Å²) in [5, 5.41) is 8.06. The molecule has 5 nitrogen and oxygen atoms in total. The van der Waals surface area contributed by atoms with E-state index in [0.717, 1.165) is 49.8 Å². The minimum absolute atomic E-state index is 0. The van der Waals surface area contributed by atoms with Crippen LogP contribution in [0.3, 0.4) is 0 Å². The van der Waals surface area contributed by atoms with Crippen LogP contribution in [0.25, 0.3) is 44.2 Å². The van der Waals surface area contributed by atoms with E-state index in [0.29, 0.717) is 11.5 Å². The molecule has 0 aliphatic rings. The van der Waals surface area contributed by atoms with Gasteiger partial charge in [0.15, 0.2) is 0 Å². The van der Waals surface area contributed by atoms with Crippen molar-refractivity contribution in [3.8, 4) is 23.0 Å². The van der Waals surface area contributed by atoms with Gasteiger partial charge in [-0.15, -0.1) is 41.3 Å². The molecule has 0 N–H and O–H groups in total. The van der Waals surface area contributed by atoms with Gasteiger partial charge in [-0.1, -0.05) is 107 Å². The average molecular weight is 820 g/mol. The Balaban J connectivity index is 0.00000378. The summed E-state index contributed by atoms with van der Waals surface area (Å²) in [6, 6.07) is 47.0. The number of pyridine rings is 1. The van der Waals surface area contributed by atoms with Gasteiger partial charge >= 0.3 is 21.1 Å². The molecule has 0 saturated heterocycles. The largest absolute Gasteiger partial charge is 2.00 e. The second kappa shape index (κ2) is 12.5. The van der Waals surface area contributed by atoms with Gasteiger partial charge in [-0.2, -0.15) is 11.2 Å². The fourth-order valence-electron chi connectivity index (χ4n) is 6.54. The predicted molar refractivity (Wildman–Crippen MR) is 195 cm³/mol. The van der Waals surface area contributed by atoms with Gasteiger partial charge in [-0.3, -0.25) is 4.68 Å². The molecule has 8 rings (SSSR count). The van der Waals surface area contributed by atoms with Crippen molar-refractivity contribution >= 4 is 32.7 Å². The van der Waals surface area contributed by atoms with Gasteiger partial charge in [-0.05, 0) is 57.3 Å². The number of benzene rings is 5. The van der Waals surface area contributed by atoms with Crippen LogP contribution in [0.2, 0.25) is 0 Å². The third-order valence-corrected chi connectivity index (χ3v) is 9.37. The number of hydrogen-bond donors (Lipinski definition) is 0. The fraction of sp³-hybridized carbons (Fsp3) is 0.163. The molecule has 0 fully saturated rings. The Bertz CT molecular complexity index is 2450. The summed E-state index contributed by atoms with van der Waals surface area (Å²) in [7, 11) is 0. The molecule has 5 aromatic carbocycles. The topological polar surface area (TPSA) is 44.9 Å². The molecule has 0 aliphatic carbocycles. The van der Waals surface area contributed by atoms with Crippen LogP contribution in [0.4, 0.5) is 0 Å². The van der Waals surface area contributed by atoms with E-state index in [2.05, 4.69) is 142 Å². The Kier molecular flexibility index (Phi) is 8.29. The first-order valence-corrected chi connectivity index (χ1v) is 16.3. The molecule has 3 aromatic heterocycles. The van der Waals surface area contributed by atoms with Crippen molar-refractivity contribution in [2.45, 2.75) is 45.4 Å². The van der Waals surface area contributed by atoms with Crippen molar-refractivity contribution in [3.63, 3.8) is 0 Å². The van der Waals surface area contributed by atoms with Crippen molar-refractivity contribution < 1.29 is 25.8 Å². The van der Waals surface area contributed by atoms with E-state index in [1.54, 1.807) is 0 Å². The zero-order valence-corrected chi connectivity index (χ0v) is 30.4. The van der Waals surface area contributed by atoms with Crippen LogP contribution in [0.1, 0.15) is 51.3 Å². The summed E-state index contributed by atoms with van der Waals surface area (Å²) in [5.74, 6) is 2.05. The number of fused-ring (bicyclic) bond motifs is 4. The van der Waals surface area contributed by atoms with E-state index in [4.69, 9.17) is 14.8 Å². The van der Waals surface area contributed by atoms with Crippen LogP contribution in [0.15, 0.2) is 128 Å². The first-order valence-electron chi connectivity index (χ1n) is 16.3. The summed E-state index contributed by atoms with van der Waals surface area (Å²) in [4.78, 5) is 4.83. The van der Waals surface area contributed by atoms with E-state index in [1.165, 1.54) is 11.1 Å². The Morgan fingerprint density at radius 3 is 2.16 bits per heavy atom. The molecule has 49 heavy (non-hydrogen) atoms. The summed E-state index contributed by atoms with van der Waals surface area (Å²) in [6.45, 7) is 11.1. The predicted octanol–water partition coefficient (Wildman–Crippen LogP) is 10.5. The minimum atomic E-state index is -0.310. The number of ether oxygens (including phenoxy) is 1. The number of aromatic nitrogens is 4. The van der Waals surface area contributed by atoms with Crippen LogP contribution in [-0.2, 0) is 31.9 Å². The molecular weight excluding hydrogens is 784 g/mol. The quantitative estimate of drug-likeness (QED) is 0.157. The van der Waals surface area contributed by atoms with Gasteiger partial charge in [0.1, 0.15) is 5.82 Å². The van der Waals surface area contributed by atoms with Gasteiger partial charge in [0.2, 0.25) is 0 Å². The summed E-state index contributed by atoms with van der Waals surface area (Å²) in [5.41, 5.74) is 7.00. The maximum absolute atomic E-state index is 6.69. The van der Waals surface area contributed by atoms with Crippen molar-refractivity contribution in [1.82, 2.24) is 19.3 Å². The SMILES string of the molecule is CC(C)(C)c1ccnc(-n2c3[c-]c(Oc4[c-]c(-n5ncc6ccccc65)cc(C(C)(C)c5ccccc5)c4)ccc3c3ccccc32)c1.[Pt+2]. The number of nitrogens with zero attached hydrogens (tertiary/aromatic N) is 4. The summed E-state index contributed by atoms with van der Waals surface area (Å²) < 4.78 is 10.8. The number of para-hydroxylation sites is 2. The fourth-order valence-corrected chi connectivity index (χ4v) is 6.54. The van der Waals surface area contributed by atoms with E-state index in [-0.39, 0.29) is 31.9 Å². The van der Waals surface area contributed by atoms with E-state index < -0.39 is 0 Å². The molecule has 0 amide bonds. The second-order valence-electron chi connectivity index (χ2n) is 13.9. The maximum atomic E-state index is 6.69. The summed E-state index contributed by atoms with van der Waals surface area (Å²) in [6.07, 6.45) is 3.79. The first kappa shape index (κ1) is 32.6. The first-order chi connectivity index (χ1) is 23.2. The van der Waals surface area contributed by atoms with Gasteiger partial charge in [0, 0.05) is 28.6 Å². The zero-order valence-electron chi connectivity index (χ0n) is 28.1. The molecule has 244 valence electrons. The van der Waals surface area contributed by atoms with Crippen LogP contribution in [-0.4, -0.2) is 19.3 Å². The molecule has 0 unspecified atom stereocenters. The molecule has 0 aliphatic heterocycles. The Hall–Kier alpha value is -4.99. The van der Waals surface area contributed by atoms with Gasteiger partial charge in [0.05, 0.1) is 11.7 Å². The third-order valence-electron chi connectivity index (χ3n) is 9.37. The third kappa shape index (κ3) is 5.87. The average Bonchev–Trinajstić information content (AvgIpc) is 3.67. The molecule has 0 spiro atoms. The smallest absolute Gasteiger partial charge is 0.509 e. The molecule has 6 heteroatoms. The van der Waals surface area contributed by atoms with E-state index in [9.17, 15) is 0 Å². The number of hydrogen-bond acceptors (Lipinski definition) is 3. The minimum Gasteiger partial charge on any atom is -0.509 e. The van der Waals surface area contributed by atoms with Gasteiger partial charge in [0.25, 0.3) is 0 Å². The van der Waals surface area contributed by atoms with Crippen LogP contribution in [0, 0.1) is 12.1 Å². The zero-order chi connectivity index (χ0) is 33.0. The molecule has 8 aromatic rings. The molecular formula is C43H36N4OPt. The number of rotatable bonds is 6. The van der Waals surface area contributed by atoms with Crippen molar-refractivity contribution in [1.29, 1.82) is 0 Å². The normalized spacial score (nSPS) is 12.0. The van der Waals surface area contributed by atoms with Crippen LogP contribution in [0.5, 0.6) is 11.5 Å². The standard InChI is InChI=1S/C43H36N4O.Pt/c1-42(2,3)31-21-22-44-41(25-31)46-39-18-12-10-16-36(39)37-20-19-34(27-40(37)46)48-35-24-32(43(4,5)30-14-7-6-8-15-30)23-33(26-35)47-38-17-11-9-13-29(38)28-45-47;/h6-25,28H,1-5H3;/q-2;+2. The molecule has 0 bridgehead atoms. The summed E-state index contributed by atoms with van der Waals surface area (Å²) >= 11 is 0. The van der Waals surface area contributed by atoms with Gasteiger partial charge < -0.3 is 9.30 Å².